The van der Waals surface area contributed by atoms with Crippen LogP contribution in [-0.4, -0.2) is 8.42 Å². The van der Waals surface area contributed by atoms with Crippen LogP contribution in [-0.2, 0) is 16.6 Å². The minimum atomic E-state index is -3.76. The predicted molar refractivity (Wildman–Crippen MR) is 78.0 cm³/mol. The Morgan fingerprint density at radius 3 is 2.29 bits per heavy atom. The molecule has 0 fully saturated rings. The molecule has 0 aliphatic heterocycles. The molecule has 4 nitrogen and oxygen atoms in total. The van der Waals surface area contributed by atoms with Crippen molar-refractivity contribution in [3.8, 4) is 5.75 Å². The topological polar surface area (TPSA) is 69.4 Å². The first kappa shape index (κ1) is 15.5. The number of ether oxygens (including phenoxy) is 1. The quantitative estimate of drug-likeness (QED) is 0.944. The van der Waals surface area contributed by atoms with Crippen LogP contribution in [0.1, 0.15) is 16.7 Å². The predicted octanol–water partition coefficient (Wildman–Crippen LogP) is 2.67. The summed E-state index contributed by atoms with van der Waals surface area (Å²) < 4.78 is 41.6. The van der Waals surface area contributed by atoms with Crippen molar-refractivity contribution in [3.63, 3.8) is 0 Å². The number of benzene rings is 2. The Hall–Kier alpha value is -1.92. The van der Waals surface area contributed by atoms with Gasteiger partial charge in [-0.05, 0) is 54.8 Å². The number of rotatable bonds is 4. The molecule has 2 aromatic rings. The third kappa shape index (κ3) is 3.80. The molecule has 0 aliphatic rings. The van der Waals surface area contributed by atoms with Gasteiger partial charge in [-0.25, -0.2) is 17.9 Å². The van der Waals surface area contributed by atoms with Crippen LogP contribution in [0.3, 0.4) is 0 Å². The Kier molecular flexibility index (Phi) is 4.29. The molecule has 0 atom stereocenters. The van der Waals surface area contributed by atoms with Crippen molar-refractivity contribution in [2.75, 3.05) is 0 Å². The Balaban J connectivity index is 2.23. The van der Waals surface area contributed by atoms with Crippen LogP contribution >= 0.6 is 0 Å². The summed E-state index contributed by atoms with van der Waals surface area (Å²) in [5.41, 5.74) is 1.74. The van der Waals surface area contributed by atoms with Gasteiger partial charge in [0, 0.05) is 0 Å². The van der Waals surface area contributed by atoms with E-state index in [0.29, 0.717) is 22.4 Å². The molecule has 0 bridgehead atoms. The zero-order valence-corrected chi connectivity index (χ0v) is 12.6. The lowest BCUT2D eigenvalue weighted by molar-refractivity contribution is 0.305. The van der Waals surface area contributed by atoms with Crippen molar-refractivity contribution in [1.29, 1.82) is 0 Å². The first-order valence-electron chi connectivity index (χ1n) is 6.28. The summed E-state index contributed by atoms with van der Waals surface area (Å²) in [7, 11) is -3.76. The lowest BCUT2D eigenvalue weighted by Gasteiger charge is -2.12. The largest absolute Gasteiger partial charge is 0.489 e. The van der Waals surface area contributed by atoms with E-state index in [0.717, 1.165) is 0 Å². The van der Waals surface area contributed by atoms with Gasteiger partial charge in [-0.2, -0.15) is 0 Å². The lowest BCUT2D eigenvalue weighted by Crippen LogP contribution is -2.15. The fraction of sp³-hybridized carbons (Fsp3) is 0.200. The standard InChI is InChI=1S/C15H16FNO3S/c1-10-6-14(7-11(2)15(10)21(17,18)19)20-9-12-4-3-5-13(16)8-12/h3-8H,9H2,1-2H3,(H2,17,18,19). The van der Waals surface area contributed by atoms with E-state index in [4.69, 9.17) is 9.88 Å². The fourth-order valence-corrected chi connectivity index (χ4v) is 3.25. The molecule has 0 radical (unpaired) electrons. The summed E-state index contributed by atoms with van der Waals surface area (Å²) in [5.74, 6) is 0.190. The Bertz CT molecular complexity index is 749. The Labute approximate surface area is 123 Å². The van der Waals surface area contributed by atoms with Gasteiger partial charge in [0.25, 0.3) is 0 Å². The van der Waals surface area contributed by atoms with Crippen LogP contribution in [0.15, 0.2) is 41.3 Å². The molecule has 0 spiro atoms. The van der Waals surface area contributed by atoms with Crippen molar-refractivity contribution in [1.82, 2.24) is 0 Å². The molecule has 6 heteroatoms. The molecule has 0 unspecified atom stereocenters. The van der Waals surface area contributed by atoms with Gasteiger partial charge in [-0.3, -0.25) is 0 Å². The smallest absolute Gasteiger partial charge is 0.238 e. The summed E-state index contributed by atoms with van der Waals surface area (Å²) >= 11 is 0. The van der Waals surface area contributed by atoms with Crippen molar-refractivity contribution < 1.29 is 17.5 Å². The fourth-order valence-electron chi connectivity index (χ4n) is 2.24. The molecule has 112 valence electrons. The third-order valence-corrected chi connectivity index (χ3v) is 4.23. The average Bonchev–Trinajstić information content (AvgIpc) is 2.34. The third-order valence-electron chi connectivity index (χ3n) is 3.01. The zero-order chi connectivity index (χ0) is 15.6. The second kappa shape index (κ2) is 5.83. The average molecular weight is 309 g/mol. The number of hydrogen-bond donors (Lipinski definition) is 1. The second-order valence-corrected chi connectivity index (χ2v) is 6.35. The van der Waals surface area contributed by atoms with Crippen molar-refractivity contribution >= 4 is 10.0 Å². The highest BCUT2D eigenvalue weighted by Gasteiger charge is 2.16. The van der Waals surface area contributed by atoms with Crippen molar-refractivity contribution in [3.05, 3.63) is 58.9 Å². The number of hydrogen-bond acceptors (Lipinski definition) is 3. The molecule has 21 heavy (non-hydrogen) atoms. The zero-order valence-electron chi connectivity index (χ0n) is 11.8. The molecular weight excluding hydrogens is 293 g/mol. The summed E-state index contributed by atoms with van der Waals surface area (Å²) in [6, 6.07) is 9.31. The number of halogens is 1. The molecule has 0 aliphatic carbocycles. The first-order chi connectivity index (χ1) is 9.77. The van der Waals surface area contributed by atoms with Crippen LogP contribution < -0.4 is 9.88 Å². The number of nitrogens with two attached hydrogens (primary N) is 1. The van der Waals surface area contributed by atoms with Gasteiger partial charge in [0.05, 0.1) is 4.90 Å². The van der Waals surface area contributed by atoms with E-state index in [9.17, 15) is 12.8 Å². The summed E-state index contributed by atoms with van der Waals surface area (Å²) in [4.78, 5) is 0.112. The lowest BCUT2D eigenvalue weighted by atomic mass is 10.1. The van der Waals surface area contributed by atoms with Crippen LogP contribution in [0.2, 0.25) is 0 Å². The van der Waals surface area contributed by atoms with E-state index in [1.54, 1.807) is 38.1 Å². The number of primary sulfonamides is 1. The van der Waals surface area contributed by atoms with Gasteiger partial charge in [-0.1, -0.05) is 12.1 Å². The van der Waals surface area contributed by atoms with Crippen LogP contribution in [0.5, 0.6) is 5.75 Å². The number of aryl methyl sites for hydroxylation is 2. The van der Waals surface area contributed by atoms with Gasteiger partial charge in [0.15, 0.2) is 0 Å². The molecule has 2 N–H and O–H groups in total. The van der Waals surface area contributed by atoms with Crippen molar-refractivity contribution in [2.45, 2.75) is 25.3 Å². The molecule has 0 amide bonds. The van der Waals surface area contributed by atoms with Gasteiger partial charge >= 0.3 is 0 Å². The molecule has 0 saturated carbocycles. The highest BCUT2D eigenvalue weighted by atomic mass is 32.2. The maximum atomic E-state index is 13.1. The maximum absolute atomic E-state index is 13.1. The molecular formula is C15H16FNO3S. The van der Waals surface area contributed by atoms with Gasteiger partial charge in [0.2, 0.25) is 10.0 Å². The van der Waals surface area contributed by atoms with Crippen molar-refractivity contribution in [2.24, 2.45) is 5.14 Å². The summed E-state index contributed by atoms with van der Waals surface area (Å²) in [6.07, 6.45) is 0. The maximum Gasteiger partial charge on any atom is 0.238 e. The van der Waals surface area contributed by atoms with Gasteiger partial charge in [0.1, 0.15) is 18.2 Å². The van der Waals surface area contributed by atoms with Gasteiger partial charge in [-0.15, -0.1) is 0 Å². The van der Waals surface area contributed by atoms with Crippen LogP contribution in [0.25, 0.3) is 0 Å². The Morgan fingerprint density at radius 2 is 1.76 bits per heavy atom. The summed E-state index contributed by atoms with van der Waals surface area (Å²) in [5, 5.41) is 5.18. The van der Waals surface area contributed by atoms with Gasteiger partial charge < -0.3 is 4.74 Å². The molecule has 2 aromatic carbocycles. The molecule has 2 rings (SSSR count). The molecule has 0 saturated heterocycles. The highest BCUT2D eigenvalue weighted by molar-refractivity contribution is 7.89. The van der Waals surface area contributed by atoms with Crippen LogP contribution in [0, 0.1) is 19.7 Å². The minimum absolute atomic E-state index is 0.112. The number of sulfonamides is 1. The molecule has 0 aromatic heterocycles. The van der Waals surface area contributed by atoms with E-state index < -0.39 is 10.0 Å². The monoisotopic (exact) mass is 309 g/mol. The highest BCUT2D eigenvalue weighted by Crippen LogP contribution is 2.25. The van der Waals surface area contributed by atoms with E-state index in [2.05, 4.69) is 0 Å². The SMILES string of the molecule is Cc1cc(OCc2cccc(F)c2)cc(C)c1S(N)(=O)=O. The molecule has 0 heterocycles. The summed E-state index contributed by atoms with van der Waals surface area (Å²) in [6.45, 7) is 3.51. The normalized spacial score (nSPS) is 11.4. The van der Waals surface area contributed by atoms with E-state index in [-0.39, 0.29) is 17.3 Å². The first-order valence-corrected chi connectivity index (χ1v) is 7.83. The van der Waals surface area contributed by atoms with E-state index in [1.807, 2.05) is 0 Å². The van der Waals surface area contributed by atoms with E-state index in [1.165, 1.54) is 12.1 Å². The van der Waals surface area contributed by atoms with Crippen LogP contribution in [0.4, 0.5) is 4.39 Å². The van der Waals surface area contributed by atoms with E-state index >= 15 is 0 Å². The minimum Gasteiger partial charge on any atom is -0.489 e. The second-order valence-electron chi connectivity index (χ2n) is 4.85. The Morgan fingerprint density at radius 1 is 1.14 bits per heavy atom.